The van der Waals surface area contributed by atoms with E-state index in [2.05, 4.69) is 4.98 Å². The molecule has 2 heterocycles. The summed E-state index contributed by atoms with van der Waals surface area (Å²) in [5, 5.41) is 0.695. The number of hydrogen-bond acceptors (Lipinski definition) is 4. The van der Waals surface area contributed by atoms with Crippen LogP contribution in [0.15, 0.2) is 30.5 Å². The van der Waals surface area contributed by atoms with Gasteiger partial charge >= 0.3 is 5.97 Å². The fraction of sp³-hybridized carbons (Fsp3) is 0.200. The number of carbonyl (C=O) groups excluding carboxylic acids is 1. The van der Waals surface area contributed by atoms with Gasteiger partial charge in [0.1, 0.15) is 4.88 Å². The lowest BCUT2D eigenvalue weighted by Crippen LogP contribution is -2.04. The molecular weight excluding hydrogens is 308 g/mol. The van der Waals surface area contributed by atoms with E-state index in [4.69, 9.17) is 16.3 Å². The second-order valence-electron chi connectivity index (χ2n) is 4.52. The fourth-order valence-corrected chi connectivity index (χ4v) is 3.22. The Balaban J connectivity index is 2.02. The van der Waals surface area contributed by atoms with Crippen molar-refractivity contribution in [2.75, 3.05) is 6.61 Å². The SMILES string of the molecule is CCOC(=O)c1sc2nc(-c3ccc(Cl)cc3)cn2c1C. The number of imidazole rings is 1. The van der Waals surface area contributed by atoms with Crippen LogP contribution in [0.25, 0.3) is 16.2 Å². The molecule has 0 bridgehead atoms. The molecule has 0 spiro atoms. The lowest BCUT2D eigenvalue weighted by Gasteiger charge is -1.99. The Kier molecular flexibility index (Phi) is 3.69. The molecule has 108 valence electrons. The Morgan fingerprint density at radius 2 is 2.10 bits per heavy atom. The van der Waals surface area contributed by atoms with Crippen molar-refractivity contribution in [1.29, 1.82) is 0 Å². The minimum atomic E-state index is -0.293. The maximum atomic E-state index is 11.9. The Hall–Kier alpha value is -1.85. The first kappa shape index (κ1) is 14.1. The molecule has 2 aromatic heterocycles. The largest absolute Gasteiger partial charge is 0.462 e. The van der Waals surface area contributed by atoms with E-state index >= 15 is 0 Å². The van der Waals surface area contributed by atoms with Crippen LogP contribution in [-0.4, -0.2) is 22.0 Å². The van der Waals surface area contributed by atoms with Gasteiger partial charge < -0.3 is 4.74 Å². The summed E-state index contributed by atoms with van der Waals surface area (Å²) < 4.78 is 6.97. The van der Waals surface area contributed by atoms with Gasteiger partial charge in [-0.3, -0.25) is 4.40 Å². The lowest BCUT2D eigenvalue weighted by atomic mass is 10.2. The summed E-state index contributed by atoms with van der Waals surface area (Å²) in [5.41, 5.74) is 2.70. The lowest BCUT2D eigenvalue weighted by molar-refractivity contribution is 0.0531. The molecule has 4 nitrogen and oxygen atoms in total. The van der Waals surface area contributed by atoms with Crippen LogP contribution in [0.3, 0.4) is 0 Å². The van der Waals surface area contributed by atoms with Crippen molar-refractivity contribution in [2.24, 2.45) is 0 Å². The Bertz CT molecular complexity index is 805. The Morgan fingerprint density at radius 3 is 2.71 bits per heavy atom. The third kappa shape index (κ3) is 2.54. The van der Waals surface area contributed by atoms with E-state index in [1.54, 1.807) is 6.92 Å². The first-order valence-electron chi connectivity index (χ1n) is 6.51. The zero-order chi connectivity index (χ0) is 15.0. The van der Waals surface area contributed by atoms with Gasteiger partial charge in [-0.25, -0.2) is 9.78 Å². The number of rotatable bonds is 3. The maximum absolute atomic E-state index is 11.9. The van der Waals surface area contributed by atoms with Crippen LogP contribution in [-0.2, 0) is 4.74 Å². The molecule has 0 aliphatic rings. The molecule has 6 heteroatoms. The first-order chi connectivity index (χ1) is 10.1. The summed E-state index contributed by atoms with van der Waals surface area (Å²) in [6, 6.07) is 7.52. The van der Waals surface area contributed by atoms with Crippen molar-refractivity contribution in [3.63, 3.8) is 0 Å². The number of aryl methyl sites for hydroxylation is 1. The quantitative estimate of drug-likeness (QED) is 0.679. The summed E-state index contributed by atoms with van der Waals surface area (Å²) >= 11 is 7.23. The van der Waals surface area contributed by atoms with E-state index in [0.29, 0.717) is 16.5 Å². The zero-order valence-electron chi connectivity index (χ0n) is 11.6. The predicted octanol–water partition coefficient (Wildman–Crippen LogP) is 4.20. The number of ether oxygens (including phenoxy) is 1. The van der Waals surface area contributed by atoms with E-state index in [1.165, 1.54) is 11.3 Å². The number of fused-ring (bicyclic) bond motifs is 1. The highest BCUT2D eigenvalue weighted by Gasteiger charge is 2.18. The van der Waals surface area contributed by atoms with Crippen LogP contribution < -0.4 is 0 Å². The third-order valence-corrected chi connectivity index (χ3v) is 4.55. The molecular formula is C15H13ClN2O2S. The summed E-state index contributed by atoms with van der Waals surface area (Å²) in [6.45, 7) is 4.06. The maximum Gasteiger partial charge on any atom is 0.350 e. The van der Waals surface area contributed by atoms with E-state index in [1.807, 2.05) is 41.8 Å². The average Bonchev–Trinajstić information content (AvgIpc) is 3.00. The second-order valence-corrected chi connectivity index (χ2v) is 5.94. The molecule has 3 aromatic rings. The van der Waals surface area contributed by atoms with Gasteiger partial charge in [-0.15, -0.1) is 0 Å². The van der Waals surface area contributed by atoms with Gasteiger partial charge in [-0.1, -0.05) is 35.1 Å². The van der Waals surface area contributed by atoms with E-state index < -0.39 is 0 Å². The summed E-state index contributed by atoms with van der Waals surface area (Å²) in [7, 11) is 0. The predicted molar refractivity (Wildman–Crippen MR) is 84.2 cm³/mol. The van der Waals surface area contributed by atoms with E-state index in [9.17, 15) is 4.79 Å². The Labute approximate surface area is 131 Å². The molecule has 3 rings (SSSR count). The van der Waals surface area contributed by atoms with Gasteiger partial charge in [0.2, 0.25) is 0 Å². The van der Waals surface area contributed by atoms with Crippen molar-refractivity contribution in [3.05, 3.63) is 46.1 Å². The van der Waals surface area contributed by atoms with Crippen LogP contribution in [0.2, 0.25) is 5.02 Å². The van der Waals surface area contributed by atoms with E-state index in [-0.39, 0.29) is 5.97 Å². The first-order valence-corrected chi connectivity index (χ1v) is 7.71. The van der Waals surface area contributed by atoms with Gasteiger partial charge in [0.25, 0.3) is 0 Å². The van der Waals surface area contributed by atoms with Crippen molar-refractivity contribution in [2.45, 2.75) is 13.8 Å². The van der Waals surface area contributed by atoms with Crippen LogP contribution in [0.4, 0.5) is 0 Å². The van der Waals surface area contributed by atoms with Gasteiger partial charge in [0, 0.05) is 22.5 Å². The minimum absolute atomic E-state index is 0.293. The minimum Gasteiger partial charge on any atom is -0.462 e. The standard InChI is InChI=1S/C15H13ClN2O2S/c1-3-20-14(19)13-9(2)18-8-12(17-15(18)21-13)10-4-6-11(16)7-5-10/h4-8H,3H2,1-2H3. The molecule has 0 radical (unpaired) electrons. The Morgan fingerprint density at radius 1 is 1.38 bits per heavy atom. The molecule has 21 heavy (non-hydrogen) atoms. The van der Waals surface area contributed by atoms with Gasteiger partial charge in [-0.05, 0) is 26.0 Å². The zero-order valence-corrected chi connectivity index (χ0v) is 13.2. The van der Waals surface area contributed by atoms with Gasteiger partial charge in [0.15, 0.2) is 4.96 Å². The number of benzene rings is 1. The highest BCUT2D eigenvalue weighted by molar-refractivity contribution is 7.19. The molecule has 0 fully saturated rings. The molecule has 0 N–H and O–H groups in total. The second kappa shape index (κ2) is 5.50. The molecule has 0 amide bonds. The van der Waals surface area contributed by atoms with Crippen LogP contribution in [0.5, 0.6) is 0 Å². The normalized spacial score (nSPS) is 11.0. The summed E-state index contributed by atoms with van der Waals surface area (Å²) in [4.78, 5) is 17.8. The van der Waals surface area contributed by atoms with Gasteiger partial charge in [-0.2, -0.15) is 0 Å². The number of halogens is 1. The average molecular weight is 321 g/mol. The monoisotopic (exact) mass is 320 g/mol. The molecule has 0 aliphatic heterocycles. The number of aromatic nitrogens is 2. The highest BCUT2D eigenvalue weighted by Crippen LogP contribution is 2.28. The fourth-order valence-electron chi connectivity index (χ4n) is 2.10. The van der Waals surface area contributed by atoms with Crippen LogP contribution >= 0.6 is 22.9 Å². The number of thiazole rings is 1. The van der Waals surface area contributed by atoms with Crippen molar-refractivity contribution in [1.82, 2.24) is 9.38 Å². The van der Waals surface area contributed by atoms with Crippen LogP contribution in [0, 0.1) is 6.92 Å². The molecule has 0 saturated carbocycles. The molecule has 0 aliphatic carbocycles. The summed E-state index contributed by atoms with van der Waals surface area (Å²) in [5.74, 6) is -0.293. The number of hydrogen-bond donors (Lipinski definition) is 0. The molecule has 0 atom stereocenters. The number of esters is 1. The number of carbonyl (C=O) groups is 1. The van der Waals surface area contributed by atoms with Crippen LogP contribution in [0.1, 0.15) is 22.3 Å². The van der Waals surface area contributed by atoms with Crippen molar-refractivity contribution >= 4 is 33.9 Å². The van der Waals surface area contributed by atoms with Gasteiger partial charge in [0.05, 0.1) is 12.3 Å². The summed E-state index contributed by atoms with van der Waals surface area (Å²) in [6.07, 6.45) is 1.92. The van der Waals surface area contributed by atoms with Crippen molar-refractivity contribution < 1.29 is 9.53 Å². The highest BCUT2D eigenvalue weighted by atomic mass is 35.5. The molecule has 0 saturated heterocycles. The number of nitrogens with zero attached hydrogens (tertiary/aromatic N) is 2. The van der Waals surface area contributed by atoms with Crippen molar-refractivity contribution in [3.8, 4) is 11.3 Å². The topological polar surface area (TPSA) is 43.6 Å². The molecule has 1 aromatic carbocycles. The molecule has 0 unspecified atom stereocenters. The smallest absolute Gasteiger partial charge is 0.350 e. The third-order valence-electron chi connectivity index (χ3n) is 3.16. The van der Waals surface area contributed by atoms with E-state index in [0.717, 1.165) is 21.9 Å².